The summed E-state index contributed by atoms with van der Waals surface area (Å²) in [5, 5.41) is 9.69. The van der Waals surface area contributed by atoms with Gasteiger partial charge >= 0.3 is 0 Å². The number of likely N-dealkylation sites (tertiary alicyclic amines) is 1. The van der Waals surface area contributed by atoms with E-state index in [0.717, 1.165) is 51.4 Å². The van der Waals surface area contributed by atoms with E-state index in [0.29, 0.717) is 24.9 Å². The SMILES string of the molecule is CCCNC(=O)CN1CCC(NC(=NCC(C)Oc2cccc(F)c2)NCC)CC1.I. The van der Waals surface area contributed by atoms with Gasteiger partial charge in [0.25, 0.3) is 0 Å². The zero-order chi connectivity index (χ0) is 21.8. The number of nitrogens with zero attached hydrogens (tertiary/aromatic N) is 2. The van der Waals surface area contributed by atoms with Crippen molar-refractivity contribution in [1.82, 2.24) is 20.9 Å². The normalized spacial score (nSPS) is 16.2. The molecule has 0 spiro atoms. The van der Waals surface area contributed by atoms with Crippen molar-refractivity contribution >= 4 is 35.8 Å². The first-order valence-corrected chi connectivity index (χ1v) is 11.0. The van der Waals surface area contributed by atoms with E-state index in [1.54, 1.807) is 12.1 Å². The number of ether oxygens (including phenoxy) is 1. The Balaban J connectivity index is 0.00000480. The predicted octanol–water partition coefficient (Wildman–Crippen LogP) is 2.76. The lowest BCUT2D eigenvalue weighted by molar-refractivity contribution is -0.122. The molecule has 1 saturated heterocycles. The van der Waals surface area contributed by atoms with Gasteiger partial charge in [-0.2, -0.15) is 0 Å². The molecule has 1 fully saturated rings. The molecule has 1 aliphatic heterocycles. The summed E-state index contributed by atoms with van der Waals surface area (Å²) < 4.78 is 19.0. The van der Waals surface area contributed by atoms with Gasteiger partial charge in [-0.1, -0.05) is 13.0 Å². The van der Waals surface area contributed by atoms with Crippen molar-refractivity contribution in [2.24, 2.45) is 4.99 Å². The fourth-order valence-corrected chi connectivity index (χ4v) is 3.30. The van der Waals surface area contributed by atoms with Gasteiger partial charge < -0.3 is 20.7 Å². The Morgan fingerprint density at radius 3 is 2.68 bits per heavy atom. The Hall–Kier alpha value is -1.62. The number of hydrogen-bond donors (Lipinski definition) is 3. The van der Waals surface area contributed by atoms with Gasteiger partial charge in [0, 0.05) is 38.3 Å². The Morgan fingerprint density at radius 1 is 1.29 bits per heavy atom. The van der Waals surface area contributed by atoms with Crippen LogP contribution >= 0.6 is 24.0 Å². The molecule has 7 nitrogen and oxygen atoms in total. The molecule has 3 N–H and O–H groups in total. The average Bonchev–Trinajstić information content (AvgIpc) is 2.72. The molecular weight excluding hydrogens is 512 g/mol. The zero-order valence-corrected chi connectivity index (χ0v) is 21.2. The first-order valence-electron chi connectivity index (χ1n) is 11.0. The number of amides is 1. The van der Waals surface area contributed by atoms with E-state index in [9.17, 15) is 9.18 Å². The van der Waals surface area contributed by atoms with Gasteiger partial charge in [-0.3, -0.25) is 9.69 Å². The number of rotatable bonds is 10. The summed E-state index contributed by atoms with van der Waals surface area (Å²) in [6.45, 7) is 10.2. The molecule has 1 aromatic rings. The Labute approximate surface area is 202 Å². The summed E-state index contributed by atoms with van der Waals surface area (Å²) in [5.41, 5.74) is 0. The number of aliphatic imine (C=N–C) groups is 1. The molecule has 2 rings (SSSR count). The summed E-state index contributed by atoms with van der Waals surface area (Å²) >= 11 is 0. The number of nitrogens with one attached hydrogen (secondary N) is 3. The fraction of sp³-hybridized carbons (Fsp3) is 0.636. The van der Waals surface area contributed by atoms with Crippen molar-refractivity contribution in [3.8, 4) is 5.75 Å². The van der Waals surface area contributed by atoms with Crippen LogP contribution in [0.2, 0.25) is 0 Å². The Morgan fingerprint density at radius 2 is 2.03 bits per heavy atom. The molecule has 9 heteroatoms. The standard InChI is InChI=1S/C22H36FN5O2.HI/c1-4-11-25-21(29)16-28-12-9-19(10-13-28)27-22(24-5-2)26-15-17(3)30-20-8-6-7-18(23)14-20;/h6-8,14,17,19H,4-5,9-13,15-16H2,1-3H3,(H,25,29)(H2,24,26,27);1H. The van der Waals surface area contributed by atoms with E-state index in [1.165, 1.54) is 12.1 Å². The third kappa shape index (κ3) is 11.0. The first-order chi connectivity index (χ1) is 14.5. The number of guanidine groups is 1. The Bertz CT molecular complexity index is 684. The van der Waals surface area contributed by atoms with Gasteiger partial charge in [-0.25, -0.2) is 9.38 Å². The number of carbonyl (C=O) groups is 1. The number of halogens is 2. The molecule has 176 valence electrons. The van der Waals surface area contributed by atoms with Crippen LogP contribution in [0.1, 0.15) is 40.0 Å². The molecule has 0 bridgehead atoms. The minimum Gasteiger partial charge on any atom is -0.489 e. The van der Waals surface area contributed by atoms with Gasteiger partial charge in [0.2, 0.25) is 5.91 Å². The molecule has 1 aliphatic rings. The minimum atomic E-state index is -0.313. The molecular formula is C22H37FIN5O2. The highest BCUT2D eigenvalue weighted by molar-refractivity contribution is 14.0. The highest BCUT2D eigenvalue weighted by Crippen LogP contribution is 2.14. The van der Waals surface area contributed by atoms with Crippen LogP contribution in [0.4, 0.5) is 4.39 Å². The van der Waals surface area contributed by atoms with Crippen LogP contribution < -0.4 is 20.7 Å². The van der Waals surface area contributed by atoms with Crippen LogP contribution in [0, 0.1) is 5.82 Å². The van der Waals surface area contributed by atoms with Crippen molar-refractivity contribution in [2.45, 2.75) is 52.2 Å². The van der Waals surface area contributed by atoms with Gasteiger partial charge in [-0.15, -0.1) is 24.0 Å². The quantitative estimate of drug-likeness (QED) is 0.238. The van der Waals surface area contributed by atoms with Crippen LogP contribution in [-0.4, -0.2) is 68.2 Å². The van der Waals surface area contributed by atoms with E-state index < -0.39 is 0 Å². The maximum Gasteiger partial charge on any atom is 0.234 e. The molecule has 31 heavy (non-hydrogen) atoms. The van der Waals surface area contributed by atoms with Crippen molar-refractivity contribution in [2.75, 3.05) is 39.3 Å². The predicted molar refractivity (Wildman–Crippen MR) is 134 cm³/mol. The third-order valence-corrected chi connectivity index (χ3v) is 4.85. The molecule has 0 aromatic heterocycles. The zero-order valence-electron chi connectivity index (χ0n) is 18.8. The smallest absolute Gasteiger partial charge is 0.234 e. The number of carbonyl (C=O) groups excluding carboxylic acids is 1. The summed E-state index contributed by atoms with van der Waals surface area (Å²) in [6.07, 6.45) is 2.70. The minimum absolute atomic E-state index is 0. The molecule has 1 unspecified atom stereocenters. The number of benzene rings is 1. The monoisotopic (exact) mass is 549 g/mol. The summed E-state index contributed by atoms with van der Waals surface area (Å²) in [6, 6.07) is 6.46. The van der Waals surface area contributed by atoms with Crippen LogP contribution in [0.15, 0.2) is 29.3 Å². The summed E-state index contributed by atoms with van der Waals surface area (Å²) in [4.78, 5) is 18.7. The molecule has 1 aromatic carbocycles. The maximum atomic E-state index is 13.3. The van der Waals surface area contributed by atoms with Gasteiger partial charge in [-0.05, 0) is 45.2 Å². The maximum absolute atomic E-state index is 13.3. The van der Waals surface area contributed by atoms with Crippen molar-refractivity contribution in [3.05, 3.63) is 30.1 Å². The molecule has 1 heterocycles. The fourth-order valence-electron chi connectivity index (χ4n) is 3.30. The van der Waals surface area contributed by atoms with Crippen molar-refractivity contribution in [3.63, 3.8) is 0 Å². The number of piperidine rings is 1. The number of hydrogen-bond acceptors (Lipinski definition) is 4. The largest absolute Gasteiger partial charge is 0.489 e. The van der Waals surface area contributed by atoms with Crippen LogP contribution in [-0.2, 0) is 4.79 Å². The van der Waals surface area contributed by atoms with Crippen LogP contribution in [0.25, 0.3) is 0 Å². The Kier molecular flexibility index (Phi) is 13.5. The highest BCUT2D eigenvalue weighted by Gasteiger charge is 2.21. The third-order valence-electron chi connectivity index (χ3n) is 4.85. The van der Waals surface area contributed by atoms with E-state index in [2.05, 4.69) is 32.8 Å². The summed E-state index contributed by atoms with van der Waals surface area (Å²) in [5.74, 6) is 1.05. The molecule has 1 amide bonds. The van der Waals surface area contributed by atoms with Crippen LogP contribution in [0.3, 0.4) is 0 Å². The first kappa shape index (κ1) is 27.4. The average molecular weight is 549 g/mol. The molecule has 0 aliphatic carbocycles. The van der Waals surface area contributed by atoms with Gasteiger partial charge in [0.05, 0.1) is 13.1 Å². The van der Waals surface area contributed by atoms with Crippen molar-refractivity contribution < 1.29 is 13.9 Å². The van der Waals surface area contributed by atoms with Crippen LogP contribution in [0.5, 0.6) is 5.75 Å². The second-order valence-electron chi connectivity index (χ2n) is 7.65. The second kappa shape index (κ2) is 15.2. The topological polar surface area (TPSA) is 78.0 Å². The molecule has 1 atom stereocenters. The van der Waals surface area contributed by atoms with E-state index >= 15 is 0 Å². The lowest BCUT2D eigenvalue weighted by Gasteiger charge is -2.32. The van der Waals surface area contributed by atoms with Crippen molar-refractivity contribution in [1.29, 1.82) is 0 Å². The highest BCUT2D eigenvalue weighted by atomic mass is 127. The molecule has 0 saturated carbocycles. The summed E-state index contributed by atoms with van der Waals surface area (Å²) in [7, 11) is 0. The van der Waals surface area contributed by atoms with Gasteiger partial charge in [0.1, 0.15) is 17.7 Å². The molecule has 0 radical (unpaired) electrons. The van der Waals surface area contributed by atoms with Gasteiger partial charge in [0.15, 0.2) is 5.96 Å². The van der Waals surface area contributed by atoms with E-state index in [-0.39, 0.29) is 41.8 Å². The van der Waals surface area contributed by atoms with E-state index in [4.69, 9.17) is 4.74 Å². The second-order valence-corrected chi connectivity index (χ2v) is 7.65. The lowest BCUT2D eigenvalue weighted by Crippen LogP contribution is -2.50. The lowest BCUT2D eigenvalue weighted by atomic mass is 10.1. The van der Waals surface area contributed by atoms with E-state index in [1.807, 2.05) is 13.8 Å².